The Balaban J connectivity index is 1.53. The van der Waals surface area contributed by atoms with Crippen molar-refractivity contribution in [3.63, 3.8) is 0 Å². The minimum atomic E-state index is 0.138. The zero-order valence-corrected chi connectivity index (χ0v) is 14.1. The van der Waals surface area contributed by atoms with Crippen molar-refractivity contribution in [1.29, 1.82) is 0 Å². The van der Waals surface area contributed by atoms with E-state index >= 15 is 0 Å². The van der Waals surface area contributed by atoms with Crippen molar-refractivity contribution < 1.29 is 4.79 Å². The summed E-state index contributed by atoms with van der Waals surface area (Å²) >= 11 is 0. The second-order valence-corrected chi connectivity index (χ2v) is 7.48. The molecule has 0 bridgehead atoms. The van der Waals surface area contributed by atoms with E-state index in [1.807, 2.05) is 4.90 Å². The predicted molar refractivity (Wildman–Crippen MR) is 87.4 cm³/mol. The fraction of sp³-hybridized carbons (Fsp3) is 0.941. The number of hydrogen-bond acceptors (Lipinski definition) is 2. The topological polar surface area (TPSA) is 35.6 Å². The average molecular weight is 295 g/mol. The van der Waals surface area contributed by atoms with Gasteiger partial charge in [0.15, 0.2) is 0 Å². The fourth-order valence-corrected chi connectivity index (χ4v) is 3.86. The van der Waals surface area contributed by atoms with Gasteiger partial charge in [-0.1, -0.05) is 20.8 Å². The minimum absolute atomic E-state index is 0.138. The highest BCUT2D eigenvalue weighted by atomic mass is 16.2. The number of nitrogens with zero attached hydrogens (tertiary/aromatic N) is 2. The Morgan fingerprint density at radius 2 is 1.76 bits per heavy atom. The smallest absolute Gasteiger partial charge is 0.317 e. The van der Waals surface area contributed by atoms with Crippen LogP contribution in [0.15, 0.2) is 0 Å². The second kappa shape index (κ2) is 8.02. The first-order valence-electron chi connectivity index (χ1n) is 8.79. The van der Waals surface area contributed by atoms with Crippen LogP contribution in [-0.2, 0) is 0 Å². The summed E-state index contributed by atoms with van der Waals surface area (Å²) in [5, 5.41) is 3.07. The van der Waals surface area contributed by atoms with Crippen molar-refractivity contribution in [2.24, 2.45) is 17.8 Å². The third-order valence-electron chi connectivity index (χ3n) is 4.83. The monoisotopic (exact) mass is 295 g/mol. The molecular weight excluding hydrogens is 262 g/mol. The van der Waals surface area contributed by atoms with Crippen LogP contribution in [-0.4, -0.2) is 55.1 Å². The maximum atomic E-state index is 11.9. The van der Waals surface area contributed by atoms with E-state index in [4.69, 9.17) is 0 Å². The van der Waals surface area contributed by atoms with Gasteiger partial charge in [0, 0.05) is 32.7 Å². The molecule has 0 aliphatic carbocycles. The van der Waals surface area contributed by atoms with Gasteiger partial charge >= 0.3 is 6.03 Å². The molecule has 0 aromatic heterocycles. The maximum Gasteiger partial charge on any atom is 0.317 e. The zero-order valence-electron chi connectivity index (χ0n) is 14.1. The summed E-state index contributed by atoms with van der Waals surface area (Å²) in [7, 11) is 0. The molecule has 2 heterocycles. The van der Waals surface area contributed by atoms with Gasteiger partial charge in [-0.25, -0.2) is 4.79 Å². The van der Waals surface area contributed by atoms with E-state index in [0.717, 1.165) is 44.3 Å². The molecule has 122 valence electrons. The van der Waals surface area contributed by atoms with E-state index in [-0.39, 0.29) is 6.03 Å². The molecule has 4 heteroatoms. The Morgan fingerprint density at radius 1 is 1.05 bits per heavy atom. The largest absolute Gasteiger partial charge is 0.338 e. The van der Waals surface area contributed by atoms with Gasteiger partial charge in [-0.05, 0) is 50.0 Å². The van der Waals surface area contributed by atoms with Crippen LogP contribution in [0.2, 0.25) is 0 Å². The van der Waals surface area contributed by atoms with Crippen LogP contribution in [0.4, 0.5) is 4.79 Å². The molecule has 2 saturated heterocycles. The third-order valence-corrected chi connectivity index (χ3v) is 4.83. The molecule has 0 spiro atoms. The standard InChI is InChI=1S/C17H33N3O/c1-14-6-9-20(13-14)17(21)18-7-4-5-8-19-11-15(2)10-16(3)12-19/h14-16H,4-13H2,1-3H3,(H,18,21). The summed E-state index contributed by atoms with van der Waals surface area (Å²) < 4.78 is 0. The van der Waals surface area contributed by atoms with E-state index in [2.05, 4.69) is 31.0 Å². The Bertz CT molecular complexity index is 324. The number of carbonyl (C=O) groups excluding carboxylic acids is 1. The van der Waals surface area contributed by atoms with Crippen LogP contribution < -0.4 is 5.32 Å². The van der Waals surface area contributed by atoms with Gasteiger partial charge in [0.05, 0.1) is 0 Å². The summed E-state index contributed by atoms with van der Waals surface area (Å²) in [6.45, 7) is 13.3. The van der Waals surface area contributed by atoms with Crippen molar-refractivity contribution >= 4 is 6.03 Å². The van der Waals surface area contributed by atoms with E-state index < -0.39 is 0 Å². The van der Waals surface area contributed by atoms with Gasteiger partial charge in [-0.2, -0.15) is 0 Å². The average Bonchev–Trinajstić information content (AvgIpc) is 2.84. The molecule has 4 nitrogen and oxygen atoms in total. The minimum Gasteiger partial charge on any atom is -0.338 e. The van der Waals surface area contributed by atoms with Crippen LogP contribution in [0.5, 0.6) is 0 Å². The van der Waals surface area contributed by atoms with Crippen molar-refractivity contribution in [2.45, 2.75) is 46.5 Å². The van der Waals surface area contributed by atoms with Crippen LogP contribution in [0.3, 0.4) is 0 Å². The van der Waals surface area contributed by atoms with Gasteiger partial charge in [0.25, 0.3) is 0 Å². The molecule has 2 aliphatic heterocycles. The molecule has 3 atom stereocenters. The molecule has 2 amide bonds. The summed E-state index contributed by atoms with van der Waals surface area (Å²) in [6.07, 6.45) is 4.81. The van der Waals surface area contributed by atoms with Crippen LogP contribution >= 0.6 is 0 Å². The Kier molecular flexibility index (Phi) is 6.34. The maximum absolute atomic E-state index is 11.9. The van der Waals surface area contributed by atoms with Crippen LogP contribution in [0.1, 0.15) is 46.5 Å². The molecule has 2 fully saturated rings. The number of carbonyl (C=O) groups is 1. The number of rotatable bonds is 5. The number of unbranched alkanes of at least 4 members (excludes halogenated alkanes) is 1. The van der Waals surface area contributed by atoms with Gasteiger partial charge in [-0.15, -0.1) is 0 Å². The number of urea groups is 1. The molecule has 0 aromatic rings. The lowest BCUT2D eigenvalue weighted by atomic mass is 9.92. The van der Waals surface area contributed by atoms with E-state index in [9.17, 15) is 4.79 Å². The van der Waals surface area contributed by atoms with Gasteiger partial charge < -0.3 is 15.1 Å². The lowest BCUT2D eigenvalue weighted by Gasteiger charge is -2.34. The quantitative estimate of drug-likeness (QED) is 0.792. The molecule has 0 radical (unpaired) electrons. The Morgan fingerprint density at radius 3 is 2.38 bits per heavy atom. The number of amides is 2. The molecule has 2 rings (SSSR count). The SMILES string of the molecule is CC1CC(C)CN(CCCCNC(=O)N2CCC(C)C2)C1. The van der Waals surface area contributed by atoms with Gasteiger partial charge in [-0.3, -0.25) is 0 Å². The molecule has 21 heavy (non-hydrogen) atoms. The van der Waals surface area contributed by atoms with E-state index in [1.165, 1.54) is 32.5 Å². The first kappa shape index (κ1) is 16.6. The number of likely N-dealkylation sites (tertiary alicyclic amines) is 2. The van der Waals surface area contributed by atoms with Crippen molar-refractivity contribution in [1.82, 2.24) is 15.1 Å². The van der Waals surface area contributed by atoms with E-state index in [1.54, 1.807) is 0 Å². The summed E-state index contributed by atoms with van der Waals surface area (Å²) in [5.74, 6) is 2.34. The number of hydrogen-bond donors (Lipinski definition) is 1. The normalized spacial score (nSPS) is 30.6. The van der Waals surface area contributed by atoms with Crippen LogP contribution in [0, 0.1) is 17.8 Å². The molecule has 3 unspecified atom stereocenters. The molecule has 0 aromatic carbocycles. The first-order chi connectivity index (χ1) is 10.0. The van der Waals surface area contributed by atoms with Crippen molar-refractivity contribution in [3.05, 3.63) is 0 Å². The summed E-state index contributed by atoms with van der Waals surface area (Å²) in [4.78, 5) is 16.5. The zero-order chi connectivity index (χ0) is 15.2. The first-order valence-corrected chi connectivity index (χ1v) is 8.79. The third kappa shape index (κ3) is 5.50. The van der Waals surface area contributed by atoms with Gasteiger partial charge in [0.2, 0.25) is 0 Å². The fourth-order valence-electron chi connectivity index (χ4n) is 3.86. The molecular formula is C17H33N3O. The molecule has 0 saturated carbocycles. The predicted octanol–water partition coefficient (Wildman–Crippen LogP) is 2.80. The highest BCUT2D eigenvalue weighted by Gasteiger charge is 2.23. The molecule has 1 N–H and O–H groups in total. The van der Waals surface area contributed by atoms with E-state index in [0.29, 0.717) is 5.92 Å². The number of piperidine rings is 1. The molecule has 2 aliphatic rings. The Hall–Kier alpha value is -0.770. The Labute approximate surface area is 130 Å². The van der Waals surface area contributed by atoms with Crippen molar-refractivity contribution in [2.75, 3.05) is 39.3 Å². The van der Waals surface area contributed by atoms with Crippen molar-refractivity contribution in [3.8, 4) is 0 Å². The second-order valence-electron chi connectivity index (χ2n) is 7.48. The van der Waals surface area contributed by atoms with Crippen LogP contribution in [0.25, 0.3) is 0 Å². The summed E-state index contributed by atoms with van der Waals surface area (Å²) in [6, 6.07) is 0.138. The lowest BCUT2D eigenvalue weighted by Crippen LogP contribution is -2.40. The van der Waals surface area contributed by atoms with Gasteiger partial charge in [0.1, 0.15) is 0 Å². The highest BCUT2D eigenvalue weighted by Crippen LogP contribution is 2.21. The summed E-state index contributed by atoms with van der Waals surface area (Å²) in [5.41, 5.74) is 0. The lowest BCUT2D eigenvalue weighted by molar-refractivity contribution is 0.139. The highest BCUT2D eigenvalue weighted by molar-refractivity contribution is 5.74. The number of nitrogens with one attached hydrogen (secondary N) is 1.